The second-order valence-electron chi connectivity index (χ2n) is 7.59. The van der Waals surface area contributed by atoms with Crippen LogP contribution >= 0.6 is 0 Å². The summed E-state index contributed by atoms with van der Waals surface area (Å²) in [5.41, 5.74) is 1.81. The Kier molecular flexibility index (Phi) is 6.41. The summed E-state index contributed by atoms with van der Waals surface area (Å²) in [7, 11) is -3.58. The Labute approximate surface area is 182 Å². The van der Waals surface area contributed by atoms with Gasteiger partial charge in [-0.3, -0.25) is 9.69 Å². The zero-order valence-corrected chi connectivity index (χ0v) is 18.3. The minimum absolute atomic E-state index is 0.00633. The van der Waals surface area contributed by atoms with Crippen molar-refractivity contribution in [2.24, 2.45) is 0 Å². The topological polar surface area (TPSA) is 76.2 Å². The van der Waals surface area contributed by atoms with E-state index in [1.165, 1.54) is 10.4 Å². The van der Waals surface area contributed by atoms with Gasteiger partial charge >= 0.3 is 0 Å². The number of fused-ring (bicyclic) bond motifs is 1. The molecule has 0 saturated carbocycles. The lowest BCUT2D eigenvalue weighted by Crippen LogP contribution is -2.48. The summed E-state index contributed by atoms with van der Waals surface area (Å²) in [4.78, 5) is 14.0. The molecule has 0 atom stereocenters. The van der Waals surface area contributed by atoms with Crippen LogP contribution < -0.4 is 9.47 Å². The van der Waals surface area contributed by atoms with Crippen LogP contribution in [-0.4, -0.2) is 56.4 Å². The Morgan fingerprint density at radius 1 is 1.03 bits per heavy atom. The van der Waals surface area contributed by atoms with Crippen LogP contribution in [0.4, 0.5) is 0 Å². The molecule has 0 aromatic heterocycles. The van der Waals surface area contributed by atoms with Crippen LogP contribution in [0.3, 0.4) is 0 Å². The van der Waals surface area contributed by atoms with E-state index in [0.29, 0.717) is 38.2 Å². The molecule has 1 saturated heterocycles. The molecule has 1 fully saturated rings. The fraction of sp³-hybridized carbons (Fsp3) is 0.348. The SMILES string of the molecule is CCC(=O)/C=C/c1cccc(S(=O)(=O)N2CCN(Cc3ccc4c(c3)OCO4)CC2)c1. The summed E-state index contributed by atoms with van der Waals surface area (Å²) in [5, 5.41) is 0. The van der Waals surface area contributed by atoms with E-state index in [4.69, 9.17) is 9.47 Å². The fourth-order valence-corrected chi connectivity index (χ4v) is 5.14. The van der Waals surface area contributed by atoms with Gasteiger partial charge < -0.3 is 9.47 Å². The largest absolute Gasteiger partial charge is 0.454 e. The smallest absolute Gasteiger partial charge is 0.243 e. The predicted molar refractivity (Wildman–Crippen MR) is 117 cm³/mol. The van der Waals surface area contributed by atoms with Crippen molar-refractivity contribution < 1.29 is 22.7 Å². The van der Waals surface area contributed by atoms with Crippen molar-refractivity contribution in [1.29, 1.82) is 0 Å². The highest BCUT2D eigenvalue weighted by molar-refractivity contribution is 7.89. The van der Waals surface area contributed by atoms with E-state index in [0.717, 1.165) is 23.6 Å². The lowest BCUT2D eigenvalue weighted by molar-refractivity contribution is -0.114. The summed E-state index contributed by atoms with van der Waals surface area (Å²) < 4.78 is 38.5. The van der Waals surface area contributed by atoms with Gasteiger partial charge in [0, 0.05) is 39.1 Å². The van der Waals surface area contributed by atoms with Gasteiger partial charge in [0.15, 0.2) is 17.3 Å². The van der Waals surface area contributed by atoms with E-state index in [-0.39, 0.29) is 17.5 Å². The van der Waals surface area contributed by atoms with Crippen molar-refractivity contribution in [3.8, 4) is 11.5 Å². The van der Waals surface area contributed by atoms with E-state index >= 15 is 0 Å². The predicted octanol–water partition coefficient (Wildman–Crippen LogP) is 2.91. The second-order valence-corrected chi connectivity index (χ2v) is 9.53. The molecule has 4 rings (SSSR count). The molecule has 0 N–H and O–H groups in total. The maximum atomic E-state index is 13.1. The van der Waals surface area contributed by atoms with Crippen LogP contribution in [0.25, 0.3) is 6.08 Å². The van der Waals surface area contributed by atoms with Gasteiger partial charge in [0.05, 0.1) is 4.90 Å². The molecule has 2 aliphatic heterocycles. The number of ether oxygens (including phenoxy) is 2. The number of benzene rings is 2. The van der Waals surface area contributed by atoms with Crippen molar-refractivity contribution in [1.82, 2.24) is 9.21 Å². The first-order valence-electron chi connectivity index (χ1n) is 10.4. The van der Waals surface area contributed by atoms with Crippen LogP contribution in [-0.2, 0) is 21.4 Å². The van der Waals surface area contributed by atoms with E-state index < -0.39 is 10.0 Å². The number of ketones is 1. The molecular formula is C23H26N2O5S. The van der Waals surface area contributed by atoms with Gasteiger partial charge in [-0.15, -0.1) is 0 Å². The number of hydrogen-bond donors (Lipinski definition) is 0. The molecule has 8 heteroatoms. The minimum atomic E-state index is -3.58. The Hall–Kier alpha value is -2.68. The average Bonchev–Trinajstić information content (AvgIpc) is 3.26. The van der Waals surface area contributed by atoms with Gasteiger partial charge in [-0.05, 0) is 41.5 Å². The molecule has 2 heterocycles. The van der Waals surface area contributed by atoms with Crippen molar-refractivity contribution >= 4 is 21.9 Å². The highest BCUT2D eigenvalue weighted by atomic mass is 32.2. The first-order chi connectivity index (χ1) is 15.0. The van der Waals surface area contributed by atoms with Gasteiger partial charge in [-0.1, -0.05) is 31.2 Å². The molecular weight excluding hydrogens is 416 g/mol. The number of nitrogens with zero attached hydrogens (tertiary/aromatic N) is 2. The number of carbonyl (C=O) groups is 1. The van der Waals surface area contributed by atoms with Crippen LogP contribution in [0.15, 0.2) is 53.4 Å². The molecule has 2 aromatic carbocycles. The Morgan fingerprint density at radius 3 is 2.58 bits per heavy atom. The van der Waals surface area contributed by atoms with E-state index in [1.54, 1.807) is 37.3 Å². The van der Waals surface area contributed by atoms with E-state index in [2.05, 4.69) is 4.90 Å². The van der Waals surface area contributed by atoms with Gasteiger partial charge in [0.1, 0.15) is 0 Å². The molecule has 164 valence electrons. The number of sulfonamides is 1. The molecule has 0 amide bonds. The van der Waals surface area contributed by atoms with Crippen molar-refractivity contribution in [3.05, 3.63) is 59.7 Å². The molecule has 2 aromatic rings. The Morgan fingerprint density at radius 2 is 1.81 bits per heavy atom. The van der Waals surface area contributed by atoms with Crippen LogP contribution in [0.5, 0.6) is 11.5 Å². The number of allylic oxidation sites excluding steroid dienone is 1. The average molecular weight is 443 g/mol. The van der Waals surface area contributed by atoms with Gasteiger partial charge in [-0.25, -0.2) is 8.42 Å². The summed E-state index contributed by atoms with van der Waals surface area (Å²) >= 11 is 0. The maximum absolute atomic E-state index is 13.1. The molecule has 31 heavy (non-hydrogen) atoms. The van der Waals surface area contributed by atoms with Crippen molar-refractivity contribution in [2.75, 3.05) is 33.0 Å². The minimum Gasteiger partial charge on any atom is -0.454 e. The molecule has 2 aliphatic rings. The molecule has 0 radical (unpaired) electrons. The fourth-order valence-electron chi connectivity index (χ4n) is 3.66. The quantitative estimate of drug-likeness (QED) is 0.614. The molecule has 0 unspecified atom stereocenters. The van der Waals surface area contributed by atoms with Gasteiger partial charge in [0.25, 0.3) is 0 Å². The van der Waals surface area contributed by atoms with Crippen LogP contribution in [0.2, 0.25) is 0 Å². The summed E-state index contributed by atoms with van der Waals surface area (Å²) in [6.45, 7) is 4.94. The zero-order valence-electron chi connectivity index (χ0n) is 17.5. The van der Waals surface area contributed by atoms with Crippen LogP contribution in [0.1, 0.15) is 24.5 Å². The standard InChI is InChI=1S/C23H26N2O5S/c1-2-20(26)8-6-18-4-3-5-21(14-18)31(27,28)25-12-10-24(11-13-25)16-19-7-9-22-23(15-19)30-17-29-22/h3-9,14-15H,2,10-13,16-17H2,1H3/b8-6+. The number of rotatable bonds is 7. The summed E-state index contributed by atoms with van der Waals surface area (Å²) in [6, 6.07) is 12.6. The third kappa shape index (κ3) is 4.98. The second kappa shape index (κ2) is 9.21. The summed E-state index contributed by atoms with van der Waals surface area (Å²) in [5.74, 6) is 1.52. The van der Waals surface area contributed by atoms with E-state index in [9.17, 15) is 13.2 Å². The lowest BCUT2D eigenvalue weighted by atomic mass is 10.2. The van der Waals surface area contributed by atoms with Gasteiger partial charge in [-0.2, -0.15) is 4.31 Å². The third-order valence-corrected chi connectivity index (χ3v) is 7.38. The van der Waals surface area contributed by atoms with E-state index in [1.807, 2.05) is 18.2 Å². The Bertz CT molecular complexity index is 1090. The van der Waals surface area contributed by atoms with Gasteiger partial charge in [0.2, 0.25) is 16.8 Å². The van der Waals surface area contributed by atoms with Crippen molar-refractivity contribution in [3.63, 3.8) is 0 Å². The normalized spacial score (nSPS) is 17.3. The highest BCUT2D eigenvalue weighted by Crippen LogP contribution is 2.33. The molecule has 7 nitrogen and oxygen atoms in total. The monoisotopic (exact) mass is 442 g/mol. The first-order valence-corrected chi connectivity index (χ1v) is 11.8. The number of carbonyl (C=O) groups excluding carboxylic acids is 1. The van der Waals surface area contributed by atoms with Crippen LogP contribution in [0, 0.1) is 0 Å². The number of hydrogen-bond acceptors (Lipinski definition) is 6. The molecule has 0 spiro atoms. The molecule has 0 aliphatic carbocycles. The summed E-state index contributed by atoms with van der Waals surface area (Å²) in [6.07, 6.45) is 3.57. The first kappa shape index (κ1) is 21.5. The highest BCUT2D eigenvalue weighted by Gasteiger charge is 2.28. The Balaban J connectivity index is 1.39. The lowest BCUT2D eigenvalue weighted by Gasteiger charge is -2.34. The molecule has 0 bridgehead atoms. The van der Waals surface area contributed by atoms with Crippen molar-refractivity contribution in [2.45, 2.75) is 24.8 Å². The third-order valence-electron chi connectivity index (χ3n) is 5.48. The number of piperazine rings is 1. The maximum Gasteiger partial charge on any atom is 0.243 e. The zero-order chi connectivity index (χ0) is 21.8.